The lowest BCUT2D eigenvalue weighted by Crippen LogP contribution is -2.61. The number of rotatable bonds is 5. The summed E-state index contributed by atoms with van der Waals surface area (Å²) in [4.78, 5) is 13.1. The SMILES string of the molecule is Cc1ccccc1CS(=O)(=O)N1CCC(C(=O)NC23CC4CC(CC(C4)C2)C3)CC1. The molecule has 0 unspecified atom stereocenters. The first-order chi connectivity index (χ1) is 14.3. The van der Waals surface area contributed by atoms with Crippen LogP contribution in [-0.2, 0) is 20.6 Å². The number of benzene rings is 1. The van der Waals surface area contributed by atoms with E-state index in [-0.39, 0.29) is 23.1 Å². The summed E-state index contributed by atoms with van der Waals surface area (Å²) in [6.45, 7) is 2.85. The number of hydrogen-bond acceptors (Lipinski definition) is 3. The molecular formula is C24H34N2O3S. The molecule has 0 radical (unpaired) electrons. The molecule has 5 nitrogen and oxygen atoms in total. The van der Waals surface area contributed by atoms with E-state index >= 15 is 0 Å². The highest BCUT2D eigenvalue weighted by molar-refractivity contribution is 7.88. The second-order valence-corrected chi connectivity index (χ2v) is 12.5. The molecule has 6 heteroatoms. The molecule has 4 bridgehead atoms. The van der Waals surface area contributed by atoms with Crippen LogP contribution in [0.5, 0.6) is 0 Å². The number of carbonyl (C=O) groups is 1. The Morgan fingerprint density at radius 3 is 2.17 bits per heavy atom. The van der Waals surface area contributed by atoms with Gasteiger partial charge in [-0.05, 0) is 87.2 Å². The summed E-state index contributed by atoms with van der Waals surface area (Å²) in [6, 6.07) is 7.66. The van der Waals surface area contributed by atoms with E-state index in [4.69, 9.17) is 0 Å². The van der Waals surface area contributed by atoms with E-state index in [0.717, 1.165) is 48.1 Å². The van der Waals surface area contributed by atoms with Crippen molar-refractivity contribution in [1.29, 1.82) is 0 Å². The quantitative estimate of drug-likeness (QED) is 0.776. The average Bonchev–Trinajstić information content (AvgIpc) is 2.68. The molecule has 4 aliphatic carbocycles. The van der Waals surface area contributed by atoms with Gasteiger partial charge in [0.15, 0.2) is 0 Å². The van der Waals surface area contributed by atoms with Crippen LogP contribution in [0.4, 0.5) is 0 Å². The van der Waals surface area contributed by atoms with Gasteiger partial charge in [0.1, 0.15) is 0 Å². The van der Waals surface area contributed by atoms with Gasteiger partial charge in [-0.3, -0.25) is 4.79 Å². The largest absolute Gasteiger partial charge is 0.350 e. The molecule has 1 aromatic carbocycles. The Hall–Kier alpha value is -1.40. The zero-order chi connectivity index (χ0) is 20.9. The lowest BCUT2D eigenvalue weighted by molar-refractivity contribution is -0.132. The summed E-state index contributed by atoms with van der Waals surface area (Å²) >= 11 is 0. The first kappa shape index (κ1) is 20.5. The van der Waals surface area contributed by atoms with Crippen LogP contribution >= 0.6 is 0 Å². The van der Waals surface area contributed by atoms with Crippen molar-refractivity contribution >= 4 is 15.9 Å². The zero-order valence-electron chi connectivity index (χ0n) is 18.0. The fourth-order valence-corrected chi connectivity index (χ4v) is 8.75. The molecular weight excluding hydrogens is 396 g/mol. The van der Waals surface area contributed by atoms with Gasteiger partial charge >= 0.3 is 0 Å². The van der Waals surface area contributed by atoms with Crippen molar-refractivity contribution in [1.82, 2.24) is 9.62 Å². The minimum atomic E-state index is -3.35. The molecule has 5 fully saturated rings. The number of carbonyl (C=O) groups excluding carboxylic acids is 1. The molecule has 5 aliphatic rings. The van der Waals surface area contributed by atoms with Crippen LogP contribution in [0.3, 0.4) is 0 Å². The summed E-state index contributed by atoms with van der Waals surface area (Å²) in [5.74, 6) is 2.60. The van der Waals surface area contributed by atoms with Crippen LogP contribution in [0.25, 0.3) is 0 Å². The van der Waals surface area contributed by atoms with Crippen molar-refractivity contribution in [3.8, 4) is 0 Å². The highest BCUT2D eigenvalue weighted by Gasteiger charge is 2.52. The van der Waals surface area contributed by atoms with E-state index < -0.39 is 10.0 Å². The van der Waals surface area contributed by atoms with Crippen molar-refractivity contribution in [2.75, 3.05) is 13.1 Å². The second-order valence-electron chi connectivity index (χ2n) is 10.5. The van der Waals surface area contributed by atoms with Crippen LogP contribution in [0.1, 0.15) is 62.5 Å². The van der Waals surface area contributed by atoms with E-state index in [1.54, 1.807) is 4.31 Å². The normalized spacial score (nSPS) is 34.2. The summed E-state index contributed by atoms with van der Waals surface area (Å²) < 4.78 is 27.4. The number of piperidine rings is 1. The number of nitrogens with one attached hydrogen (secondary N) is 1. The van der Waals surface area contributed by atoms with Crippen LogP contribution in [0, 0.1) is 30.6 Å². The van der Waals surface area contributed by atoms with Crippen molar-refractivity contribution in [2.24, 2.45) is 23.7 Å². The van der Waals surface area contributed by atoms with Crippen molar-refractivity contribution < 1.29 is 13.2 Å². The lowest BCUT2D eigenvalue weighted by Gasteiger charge is -2.57. The molecule has 6 rings (SSSR count). The summed E-state index contributed by atoms with van der Waals surface area (Å²) in [7, 11) is -3.35. The second kappa shape index (κ2) is 7.63. The molecule has 0 aromatic heterocycles. The molecule has 164 valence electrons. The molecule has 0 atom stereocenters. The van der Waals surface area contributed by atoms with Crippen LogP contribution in [0.2, 0.25) is 0 Å². The first-order valence-corrected chi connectivity index (χ1v) is 13.3. The minimum absolute atomic E-state index is 0.0415. The Bertz CT molecular complexity index is 883. The maximum Gasteiger partial charge on any atom is 0.223 e. The number of hydrogen-bond donors (Lipinski definition) is 1. The van der Waals surface area contributed by atoms with Crippen LogP contribution in [0.15, 0.2) is 24.3 Å². The van der Waals surface area contributed by atoms with E-state index in [2.05, 4.69) is 5.32 Å². The number of sulfonamides is 1. The van der Waals surface area contributed by atoms with Crippen molar-refractivity contribution in [3.63, 3.8) is 0 Å². The Balaban J connectivity index is 1.18. The predicted molar refractivity (Wildman–Crippen MR) is 117 cm³/mol. The topological polar surface area (TPSA) is 66.5 Å². The van der Waals surface area contributed by atoms with E-state index in [1.165, 1.54) is 19.3 Å². The molecule has 30 heavy (non-hydrogen) atoms. The molecule has 1 amide bonds. The third kappa shape index (κ3) is 3.93. The summed E-state index contributed by atoms with van der Waals surface area (Å²) in [5.41, 5.74) is 1.91. The van der Waals surface area contributed by atoms with Crippen LogP contribution < -0.4 is 5.32 Å². The molecule has 0 spiro atoms. The van der Waals surface area contributed by atoms with Crippen molar-refractivity contribution in [3.05, 3.63) is 35.4 Å². The smallest absolute Gasteiger partial charge is 0.223 e. The highest BCUT2D eigenvalue weighted by Crippen LogP contribution is 2.55. The number of nitrogens with zero attached hydrogens (tertiary/aromatic N) is 1. The lowest BCUT2D eigenvalue weighted by atomic mass is 9.53. The third-order valence-electron chi connectivity index (χ3n) is 8.24. The minimum Gasteiger partial charge on any atom is -0.350 e. The maximum atomic E-state index is 13.1. The molecule has 1 aliphatic heterocycles. The first-order valence-electron chi connectivity index (χ1n) is 11.7. The Morgan fingerprint density at radius 2 is 1.60 bits per heavy atom. The highest BCUT2D eigenvalue weighted by atomic mass is 32.2. The van der Waals surface area contributed by atoms with Crippen LogP contribution in [-0.4, -0.2) is 37.3 Å². The van der Waals surface area contributed by atoms with Gasteiger partial charge in [-0.2, -0.15) is 0 Å². The fraction of sp³-hybridized carbons (Fsp3) is 0.708. The number of amides is 1. The Kier molecular flexibility index (Phi) is 5.21. The van der Waals surface area contributed by atoms with Gasteiger partial charge in [-0.1, -0.05) is 24.3 Å². The van der Waals surface area contributed by atoms with E-state index in [0.29, 0.717) is 25.9 Å². The summed E-state index contributed by atoms with van der Waals surface area (Å²) in [5, 5.41) is 3.49. The predicted octanol–water partition coefficient (Wildman–Crippen LogP) is 3.62. The Labute approximate surface area is 180 Å². The van der Waals surface area contributed by atoms with Gasteiger partial charge in [0.05, 0.1) is 5.75 Å². The standard InChI is InChI=1S/C24H34N2O3S/c1-17-4-2-3-5-22(17)16-30(28,29)26-8-6-21(7-9-26)23(27)25-24-13-18-10-19(14-24)12-20(11-18)15-24/h2-5,18-21H,6-16H2,1H3,(H,25,27). The molecule has 4 saturated carbocycles. The molecule has 1 N–H and O–H groups in total. The van der Waals surface area contributed by atoms with Gasteiger partial charge in [0.2, 0.25) is 15.9 Å². The van der Waals surface area contributed by atoms with E-state index in [9.17, 15) is 13.2 Å². The molecule has 1 aromatic rings. The van der Waals surface area contributed by atoms with Gasteiger partial charge < -0.3 is 5.32 Å². The third-order valence-corrected chi connectivity index (χ3v) is 10.1. The Morgan fingerprint density at radius 1 is 1.03 bits per heavy atom. The molecule has 1 heterocycles. The fourth-order valence-electron chi connectivity index (χ4n) is 7.08. The zero-order valence-corrected chi connectivity index (χ0v) is 18.8. The van der Waals surface area contributed by atoms with Gasteiger partial charge in [0.25, 0.3) is 0 Å². The average molecular weight is 431 g/mol. The van der Waals surface area contributed by atoms with Gasteiger partial charge in [0, 0.05) is 24.5 Å². The molecule has 1 saturated heterocycles. The van der Waals surface area contributed by atoms with Gasteiger partial charge in [-0.25, -0.2) is 12.7 Å². The van der Waals surface area contributed by atoms with E-state index in [1.807, 2.05) is 31.2 Å². The monoisotopic (exact) mass is 430 g/mol. The summed E-state index contributed by atoms with van der Waals surface area (Å²) in [6.07, 6.45) is 8.85. The number of aryl methyl sites for hydroxylation is 1. The van der Waals surface area contributed by atoms with Gasteiger partial charge in [-0.15, -0.1) is 0 Å². The van der Waals surface area contributed by atoms with Crippen molar-refractivity contribution in [2.45, 2.75) is 69.6 Å². The maximum absolute atomic E-state index is 13.1.